The predicted octanol–water partition coefficient (Wildman–Crippen LogP) is 4.03. The van der Waals surface area contributed by atoms with Crippen LogP contribution in [0.25, 0.3) is 0 Å². The summed E-state index contributed by atoms with van der Waals surface area (Å²) >= 11 is 5.81. The Hall–Kier alpha value is -3.64. The minimum Gasteiger partial charge on any atom is -0.507 e. The van der Waals surface area contributed by atoms with Gasteiger partial charge < -0.3 is 9.84 Å². The number of amides is 1. The molecule has 0 aromatic heterocycles. The zero-order valence-corrected chi connectivity index (χ0v) is 15.3. The van der Waals surface area contributed by atoms with Crippen molar-refractivity contribution in [3.05, 3.63) is 94.5 Å². The molecular formula is C21H15ClN2O4. The van der Waals surface area contributed by atoms with Crippen LogP contribution in [0.3, 0.4) is 0 Å². The second kappa shape index (κ2) is 8.83. The van der Waals surface area contributed by atoms with Crippen molar-refractivity contribution in [2.75, 3.05) is 0 Å². The molecule has 0 spiro atoms. The topological polar surface area (TPSA) is 88.0 Å². The predicted molar refractivity (Wildman–Crippen MR) is 106 cm³/mol. The molecule has 0 saturated carbocycles. The SMILES string of the molecule is O=C(Oc1cccc(/C=N\NC(=O)c2ccccc2O)c1)c1ccc(Cl)cc1. The van der Waals surface area contributed by atoms with Crippen molar-refractivity contribution in [2.24, 2.45) is 5.10 Å². The summed E-state index contributed by atoms with van der Waals surface area (Å²) in [7, 11) is 0. The Kier molecular flexibility index (Phi) is 6.04. The minimum absolute atomic E-state index is 0.116. The van der Waals surface area contributed by atoms with Crippen LogP contribution in [-0.2, 0) is 0 Å². The summed E-state index contributed by atoms with van der Waals surface area (Å²) in [4.78, 5) is 24.1. The van der Waals surface area contributed by atoms with E-state index in [-0.39, 0.29) is 11.3 Å². The molecule has 0 fully saturated rings. The van der Waals surface area contributed by atoms with E-state index in [1.807, 2.05) is 0 Å². The van der Waals surface area contributed by atoms with Gasteiger partial charge in [-0.1, -0.05) is 35.9 Å². The highest BCUT2D eigenvalue weighted by molar-refractivity contribution is 6.30. The number of para-hydroxylation sites is 1. The molecule has 28 heavy (non-hydrogen) atoms. The number of esters is 1. The van der Waals surface area contributed by atoms with Crippen LogP contribution < -0.4 is 10.2 Å². The number of phenolic OH excluding ortho intramolecular Hbond substituents is 1. The molecule has 0 bridgehead atoms. The standard InChI is InChI=1S/C21H15ClN2O4/c22-16-10-8-15(9-11-16)21(27)28-17-5-3-4-14(12-17)13-23-24-20(26)18-6-1-2-7-19(18)25/h1-13,25H,(H,24,26)/b23-13-. The van der Waals surface area contributed by atoms with Crippen molar-refractivity contribution in [2.45, 2.75) is 0 Å². The number of halogens is 1. The highest BCUT2D eigenvalue weighted by Crippen LogP contribution is 2.17. The van der Waals surface area contributed by atoms with Gasteiger partial charge in [-0.05, 0) is 54.1 Å². The fourth-order valence-electron chi connectivity index (χ4n) is 2.30. The summed E-state index contributed by atoms with van der Waals surface area (Å²) in [6.07, 6.45) is 1.40. The molecule has 0 saturated heterocycles. The third kappa shape index (κ3) is 4.96. The Labute approximate surface area is 166 Å². The summed E-state index contributed by atoms with van der Waals surface area (Å²) < 4.78 is 5.33. The first-order valence-corrected chi connectivity index (χ1v) is 8.60. The maximum atomic E-state index is 12.1. The second-order valence-corrected chi connectivity index (χ2v) is 6.12. The van der Waals surface area contributed by atoms with Crippen LogP contribution in [0.5, 0.6) is 11.5 Å². The number of hydrogen-bond donors (Lipinski definition) is 2. The van der Waals surface area contributed by atoms with E-state index in [2.05, 4.69) is 10.5 Å². The van der Waals surface area contributed by atoms with Crippen LogP contribution in [0.4, 0.5) is 0 Å². The molecule has 3 rings (SSSR count). The average Bonchev–Trinajstić information content (AvgIpc) is 2.69. The molecule has 3 aromatic carbocycles. The number of rotatable bonds is 5. The van der Waals surface area contributed by atoms with Crippen LogP contribution in [0.2, 0.25) is 5.02 Å². The lowest BCUT2D eigenvalue weighted by atomic mass is 10.2. The van der Waals surface area contributed by atoms with Crippen LogP contribution in [0.15, 0.2) is 77.9 Å². The van der Waals surface area contributed by atoms with Crippen molar-refractivity contribution < 1.29 is 19.4 Å². The van der Waals surface area contributed by atoms with Crippen LogP contribution in [-0.4, -0.2) is 23.2 Å². The van der Waals surface area contributed by atoms with Gasteiger partial charge in [-0.15, -0.1) is 0 Å². The van der Waals surface area contributed by atoms with Gasteiger partial charge in [-0.2, -0.15) is 5.10 Å². The van der Waals surface area contributed by atoms with Crippen LogP contribution >= 0.6 is 11.6 Å². The van der Waals surface area contributed by atoms with Crippen molar-refractivity contribution in [1.82, 2.24) is 5.43 Å². The van der Waals surface area contributed by atoms with Crippen molar-refractivity contribution >= 4 is 29.7 Å². The third-order valence-electron chi connectivity index (χ3n) is 3.68. The van der Waals surface area contributed by atoms with Crippen molar-refractivity contribution in [3.63, 3.8) is 0 Å². The Morgan fingerprint density at radius 3 is 2.50 bits per heavy atom. The first-order valence-electron chi connectivity index (χ1n) is 8.22. The van der Waals surface area contributed by atoms with Gasteiger partial charge in [0.25, 0.3) is 5.91 Å². The van der Waals surface area contributed by atoms with Gasteiger partial charge in [-0.25, -0.2) is 10.2 Å². The van der Waals surface area contributed by atoms with Crippen LogP contribution in [0, 0.1) is 0 Å². The third-order valence-corrected chi connectivity index (χ3v) is 3.93. The highest BCUT2D eigenvalue weighted by Gasteiger charge is 2.10. The monoisotopic (exact) mass is 394 g/mol. The molecule has 0 radical (unpaired) electrons. The van der Waals surface area contributed by atoms with Gasteiger partial charge in [-0.3, -0.25) is 4.79 Å². The summed E-state index contributed by atoms with van der Waals surface area (Å²) in [5, 5.41) is 14.0. The zero-order valence-electron chi connectivity index (χ0n) is 14.5. The summed E-state index contributed by atoms with van der Waals surface area (Å²) in [6.45, 7) is 0. The lowest BCUT2D eigenvalue weighted by molar-refractivity contribution is 0.0734. The van der Waals surface area contributed by atoms with E-state index < -0.39 is 11.9 Å². The average molecular weight is 395 g/mol. The van der Waals surface area contributed by atoms with E-state index in [4.69, 9.17) is 16.3 Å². The molecule has 0 aliphatic heterocycles. The fourth-order valence-corrected chi connectivity index (χ4v) is 2.43. The molecular weight excluding hydrogens is 380 g/mol. The molecule has 6 nitrogen and oxygen atoms in total. The van der Waals surface area contributed by atoms with Crippen molar-refractivity contribution in [1.29, 1.82) is 0 Å². The number of nitrogens with zero attached hydrogens (tertiary/aromatic N) is 1. The Morgan fingerprint density at radius 2 is 1.75 bits per heavy atom. The van der Waals surface area contributed by atoms with E-state index in [0.717, 1.165) is 0 Å². The molecule has 3 aromatic rings. The molecule has 0 heterocycles. The summed E-state index contributed by atoms with van der Waals surface area (Å²) in [6, 6.07) is 19.2. The summed E-state index contributed by atoms with van der Waals surface area (Å²) in [5.41, 5.74) is 3.43. The largest absolute Gasteiger partial charge is 0.507 e. The lowest BCUT2D eigenvalue weighted by Crippen LogP contribution is -2.17. The Bertz CT molecular complexity index is 1030. The van der Waals surface area contributed by atoms with Gasteiger partial charge in [0.15, 0.2) is 0 Å². The van der Waals surface area contributed by atoms with Crippen molar-refractivity contribution in [3.8, 4) is 11.5 Å². The van der Waals surface area contributed by atoms with E-state index in [1.54, 1.807) is 60.7 Å². The minimum atomic E-state index is -0.542. The van der Waals surface area contributed by atoms with Gasteiger partial charge in [0.2, 0.25) is 0 Å². The molecule has 0 atom stereocenters. The first-order chi connectivity index (χ1) is 13.5. The number of hydrazone groups is 1. The van der Waals surface area contributed by atoms with E-state index >= 15 is 0 Å². The van der Waals surface area contributed by atoms with Gasteiger partial charge in [0.05, 0.1) is 17.3 Å². The first kappa shape index (κ1) is 19.1. The van der Waals surface area contributed by atoms with Gasteiger partial charge >= 0.3 is 5.97 Å². The highest BCUT2D eigenvalue weighted by atomic mass is 35.5. The molecule has 1 amide bonds. The number of carbonyl (C=O) groups is 2. The summed E-state index contributed by atoms with van der Waals surface area (Å²) in [5.74, 6) is -0.861. The number of nitrogens with one attached hydrogen (secondary N) is 1. The number of ether oxygens (including phenoxy) is 1. The van der Waals surface area contributed by atoms with E-state index in [0.29, 0.717) is 21.9 Å². The molecule has 2 N–H and O–H groups in total. The number of phenols is 1. The number of benzene rings is 3. The number of carbonyl (C=O) groups excluding carboxylic acids is 2. The quantitative estimate of drug-likeness (QED) is 0.296. The normalized spacial score (nSPS) is 10.6. The maximum absolute atomic E-state index is 12.1. The molecule has 0 aliphatic rings. The van der Waals surface area contributed by atoms with E-state index in [9.17, 15) is 14.7 Å². The Balaban J connectivity index is 1.63. The molecule has 140 valence electrons. The zero-order chi connectivity index (χ0) is 19.9. The molecule has 0 aliphatic carbocycles. The lowest BCUT2D eigenvalue weighted by Gasteiger charge is -2.05. The van der Waals surface area contributed by atoms with Gasteiger partial charge in [0.1, 0.15) is 11.5 Å². The molecule has 7 heteroatoms. The number of hydrogen-bond acceptors (Lipinski definition) is 5. The smallest absolute Gasteiger partial charge is 0.343 e. The fraction of sp³-hybridized carbons (Fsp3) is 0. The number of aromatic hydroxyl groups is 1. The maximum Gasteiger partial charge on any atom is 0.343 e. The second-order valence-electron chi connectivity index (χ2n) is 5.69. The van der Waals surface area contributed by atoms with E-state index in [1.165, 1.54) is 18.3 Å². The molecule has 0 unspecified atom stereocenters. The Morgan fingerprint density at radius 1 is 1.00 bits per heavy atom. The van der Waals surface area contributed by atoms with Crippen LogP contribution in [0.1, 0.15) is 26.3 Å². The van der Waals surface area contributed by atoms with Gasteiger partial charge in [0, 0.05) is 5.02 Å².